The number of nitrogens with zero attached hydrogens (tertiary/aromatic N) is 1. The van der Waals surface area contributed by atoms with E-state index in [9.17, 15) is 4.79 Å². The van der Waals surface area contributed by atoms with Gasteiger partial charge in [-0.1, -0.05) is 27.7 Å². The molecule has 0 rings (SSSR count). The lowest BCUT2D eigenvalue weighted by molar-refractivity contribution is 0.386. The van der Waals surface area contributed by atoms with Crippen LogP contribution in [-0.2, 0) is 4.79 Å². The quantitative estimate of drug-likeness (QED) is 0.436. The monoisotopic (exact) mass is 141 g/mol. The molecule has 0 saturated heterocycles. The van der Waals surface area contributed by atoms with Gasteiger partial charge in [-0.15, -0.1) is 0 Å². The summed E-state index contributed by atoms with van der Waals surface area (Å²) in [5.41, 5.74) is 0. The van der Waals surface area contributed by atoms with E-state index in [0.29, 0.717) is 11.8 Å². The van der Waals surface area contributed by atoms with Crippen LogP contribution < -0.4 is 0 Å². The van der Waals surface area contributed by atoms with Crippen LogP contribution in [0, 0.1) is 11.8 Å². The molecule has 0 amide bonds. The number of hydrogen-bond acceptors (Lipinski definition) is 2. The van der Waals surface area contributed by atoms with Gasteiger partial charge < -0.3 is 0 Å². The molecule has 0 aromatic carbocycles. The molecule has 0 aliphatic carbocycles. The van der Waals surface area contributed by atoms with Gasteiger partial charge in [-0.25, -0.2) is 9.79 Å². The van der Waals surface area contributed by atoms with Gasteiger partial charge in [0.05, 0.1) is 6.04 Å². The Morgan fingerprint density at radius 3 is 1.60 bits per heavy atom. The van der Waals surface area contributed by atoms with E-state index in [1.54, 1.807) is 6.08 Å². The fourth-order valence-electron chi connectivity index (χ4n) is 1.13. The molecule has 0 aromatic heterocycles. The Bertz CT molecular complexity index is 126. The summed E-state index contributed by atoms with van der Waals surface area (Å²) in [7, 11) is 0. The van der Waals surface area contributed by atoms with Crippen LogP contribution in [0.4, 0.5) is 0 Å². The number of aliphatic imine (C=N–C) groups is 1. The fraction of sp³-hybridized carbons (Fsp3) is 0.875. The molecule has 0 spiro atoms. The van der Waals surface area contributed by atoms with Gasteiger partial charge in [0.25, 0.3) is 0 Å². The Morgan fingerprint density at radius 2 is 1.50 bits per heavy atom. The molecule has 0 aliphatic rings. The standard InChI is InChI=1S/C8H15NO/c1-6(2)8(7(3)4)9-5-10/h6-8H,1-4H3. The first-order valence-corrected chi connectivity index (χ1v) is 3.66. The van der Waals surface area contributed by atoms with Gasteiger partial charge in [0.1, 0.15) is 0 Å². The zero-order valence-corrected chi connectivity index (χ0v) is 7.09. The molecule has 10 heavy (non-hydrogen) atoms. The SMILES string of the molecule is CC(C)C(N=C=O)C(C)C. The lowest BCUT2D eigenvalue weighted by Crippen LogP contribution is -2.19. The number of hydrogen-bond donors (Lipinski definition) is 0. The number of isocyanates is 1. The van der Waals surface area contributed by atoms with Crippen molar-refractivity contribution in [2.75, 3.05) is 0 Å². The third-order valence-corrected chi connectivity index (χ3v) is 1.57. The smallest absolute Gasteiger partial charge is 0.211 e. The first-order chi connectivity index (χ1) is 4.59. The van der Waals surface area contributed by atoms with Crippen LogP contribution in [-0.4, -0.2) is 12.1 Å². The molecule has 2 nitrogen and oxygen atoms in total. The highest BCUT2D eigenvalue weighted by Crippen LogP contribution is 2.14. The highest BCUT2D eigenvalue weighted by atomic mass is 16.1. The summed E-state index contributed by atoms with van der Waals surface area (Å²) in [4.78, 5) is 13.7. The van der Waals surface area contributed by atoms with Crippen molar-refractivity contribution in [1.29, 1.82) is 0 Å². The molecule has 0 saturated carbocycles. The van der Waals surface area contributed by atoms with Crippen molar-refractivity contribution < 1.29 is 4.79 Å². The molecule has 0 unspecified atom stereocenters. The highest BCUT2D eigenvalue weighted by Gasteiger charge is 2.15. The molecule has 2 heteroatoms. The molecule has 0 aromatic rings. The van der Waals surface area contributed by atoms with Gasteiger partial charge in [0, 0.05) is 0 Å². The summed E-state index contributed by atoms with van der Waals surface area (Å²) in [6.07, 6.45) is 1.61. The average molecular weight is 141 g/mol. The van der Waals surface area contributed by atoms with E-state index in [4.69, 9.17) is 0 Å². The van der Waals surface area contributed by atoms with Crippen LogP contribution in [0.1, 0.15) is 27.7 Å². The summed E-state index contributed by atoms with van der Waals surface area (Å²) < 4.78 is 0. The van der Waals surface area contributed by atoms with Crippen LogP contribution in [0.3, 0.4) is 0 Å². The molecule has 0 atom stereocenters. The van der Waals surface area contributed by atoms with Crippen molar-refractivity contribution in [2.24, 2.45) is 16.8 Å². The van der Waals surface area contributed by atoms with Crippen molar-refractivity contribution in [3.63, 3.8) is 0 Å². The van der Waals surface area contributed by atoms with Crippen LogP contribution >= 0.6 is 0 Å². The minimum atomic E-state index is 0.137. The van der Waals surface area contributed by atoms with Gasteiger partial charge in [0.2, 0.25) is 6.08 Å². The van der Waals surface area contributed by atoms with Gasteiger partial charge >= 0.3 is 0 Å². The summed E-state index contributed by atoms with van der Waals surface area (Å²) in [6, 6.07) is 0.137. The predicted molar refractivity (Wildman–Crippen MR) is 41.6 cm³/mol. The van der Waals surface area contributed by atoms with Crippen LogP contribution in [0.25, 0.3) is 0 Å². The van der Waals surface area contributed by atoms with Crippen molar-refractivity contribution in [1.82, 2.24) is 0 Å². The van der Waals surface area contributed by atoms with Gasteiger partial charge in [0.15, 0.2) is 0 Å². The van der Waals surface area contributed by atoms with E-state index in [2.05, 4.69) is 32.7 Å². The topological polar surface area (TPSA) is 29.4 Å². The highest BCUT2D eigenvalue weighted by molar-refractivity contribution is 5.33. The maximum atomic E-state index is 9.93. The molecular formula is C8H15NO. The van der Waals surface area contributed by atoms with E-state index >= 15 is 0 Å². The maximum absolute atomic E-state index is 9.93. The Kier molecular flexibility index (Phi) is 3.97. The predicted octanol–water partition coefficient (Wildman–Crippen LogP) is 2.00. The van der Waals surface area contributed by atoms with Gasteiger partial charge in [-0.2, -0.15) is 0 Å². The van der Waals surface area contributed by atoms with E-state index in [-0.39, 0.29) is 6.04 Å². The normalized spacial score (nSPS) is 10.7. The Balaban J connectivity index is 4.11. The van der Waals surface area contributed by atoms with E-state index in [1.165, 1.54) is 0 Å². The Hall–Kier alpha value is -0.620. The zero-order chi connectivity index (χ0) is 8.15. The Morgan fingerprint density at radius 1 is 1.10 bits per heavy atom. The fourth-order valence-corrected chi connectivity index (χ4v) is 1.13. The van der Waals surface area contributed by atoms with Gasteiger partial charge in [-0.05, 0) is 11.8 Å². The minimum Gasteiger partial charge on any atom is -0.211 e. The van der Waals surface area contributed by atoms with Crippen molar-refractivity contribution in [2.45, 2.75) is 33.7 Å². The summed E-state index contributed by atoms with van der Waals surface area (Å²) in [6.45, 7) is 8.24. The van der Waals surface area contributed by atoms with Crippen molar-refractivity contribution in [3.8, 4) is 0 Å². The maximum Gasteiger partial charge on any atom is 0.235 e. The third kappa shape index (κ3) is 2.79. The van der Waals surface area contributed by atoms with Gasteiger partial charge in [-0.3, -0.25) is 0 Å². The van der Waals surface area contributed by atoms with Crippen molar-refractivity contribution >= 4 is 6.08 Å². The second-order valence-electron chi connectivity index (χ2n) is 3.20. The largest absolute Gasteiger partial charge is 0.235 e. The molecule has 58 valence electrons. The minimum absolute atomic E-state index is 0.137. The van der Waals surface area contributed by atoms with Crippen molar-refractivity contribution in [3.05, 3.63) is 0 Å². The van der Waals surface area contributed by atoms with E-state index < -0.39 is 0 Å². The summed E-state index contributed by atoms with van der Waals surface area (Å²) in [5, 5.41) is 0. The average Bonchev–Trinajstić information content (AvgIpc) is 1.81. The number of carbonyl (C=O) groups excluding carboxylic acids is 1. The molecular weight excluding hydrogens is 126 g/mol. The first-order valence-electron chi connectivity index (χ1n) is 3.66. The Labute approximate surface area is 62.4 Å². The zero-order valence-electron chi connectivity index (χ0n) is 7.09. The first kappa shape index (κ1) is 9.38. The van der Waals surface area contributed by atoms with Crippen LogP contribution in [0.2, 0.25) is 0 Å². The second kappa shape index (κ2) is 4.24. The molecule has 0 fully saturated rings. The summed E-state index contributed by atoms with van der Waals surface area (Å²) in [5.74, 6) is 0.864. The molecule has 0 aliphatic heterocycles. The van der Waals surface area contributed by atoms with E-state index in [0.717, 1.165) is 0 Å². The lowest BCUT2D eigenvalue weighted by atomic mass is 9.94. The molecule has 0 radical (unpaired) electrons. The van der Waals surface area contributed by atoms with E-state index in [1.807, 2.05) is 0 Å². The summed E-state index contributed by atoms with van der Waals surface area (Å²) >= 11 is 0. The number of rotatable bonds is 3. The molecule has 0 bridgehead atoms. The molecule has 0 N–H and O–H groups in total. The second-order valence-corrected chi connectivity index (χ2v) is 3.20. The third-order valence-electron chi connectivity index (χ3n) is 1.57. The lowest BCUT2D eigenvalue weighted by Gasteiger charge is -2.17. The van der Waals surface area contributed by atoms with Crippen LogP contribution in [0.5, 0.6) is 0 Å². The molecule has 0 heterocycles. The van der Waals surface area contributed by atoms with Crippen LogP contribution in [0.15, 0.2) is 4.99 Å².